The van der Waals surface area contributed by atoms with Crippen molar-refractivity contribution < 1.29 is 4.74 Å². The smallest absolute Gasteiger partial charge is 0.145 e. The lowest BCUT2D eigenvalue weighted by molar-refractivity contribution is 0.482. The van der Waals surface area contributed by atoms with Crippen LogP contribution in [0.25, 0.3) is 55.2 Å². The van der Waals surface area contributed by atoms with Crippen molar-refractivity contribution in [3.63, 3.8) is 0 Å². The molecule has 6 heterocycles. The summed E-state index contributed by atoms with van der Waals surface area (Å²) >= 11 is 0. The maximum atomic E-state index is 6.84. The molecule has 4 aromatic heterocycles. The molecule has 0 N–H and O–H groups in total. The Kier molecular flexibility index (Phi) is 6.18. The SMILES string of the molecule is CC(C)(C)c1cc2c3c(c1)c1ccc(Oc4ccc5c(c4)-n4c6ncccc6c6cc(C(C)(C)C)cc(c64)C5(C)C)cc1n3-c1ncccc1C2(C)C. The first kappa shape index (κ1) is 32.2. The number of aromatic nitrogens is 4. The average Bonchev–Trinajstić information content (AvgIpc) is 3.62. The van der Waals surface area contributed by atoms with Gasteiger partial charge < -0.3 is 4.74 Å². The highest BCUT2D eigenvalue weighted by Crippen LogP contribution is 2.51. The summed E-state index contributed by atoms with van der Waals surface area (Å²) in [5, 5.41) is 4.90. The first-order valence-corrected chi connectivity index (χ1v) is 18.9. The quantitative estimate of drug-likeness (QED) is 0.181. The van der Waals surface area contributed by atoms with Crippen LogP contribution in [-0.2, 0) is 21.7 Å². The zero-order valence-electron chi connectivity index (χ0n) is 32.4. The van der Waals surface area contributed by atoms with E-state index in [-0.39, 0.29) is 21.7 Å². The van der Waals surface area contributed by atoms with E-state index in [4.69, 9.17) is 14.7 Å². The average molecular weight is 695 g/mol. The molecule has 0 saturated carbocycles. The molecular formula is C48H46N4O. The maximum Gasteiger partial charge on any atom is 0.145 e. The normalized spacial score (nSPS) is 15.7. The molecule has 4 aromatic carbocycles. The van der Waals surface area contributed by atoms with Crippen molar-refractivity contribution >= 4 is 43.7 Å². The molecule has 10 rings (SSSR count). The van der Waals surface area contributed by atoms with Crippen LogP contribution in [0.1, 0.15) is 103 Å². The second-order valence-electron chi connectivity index (χ2n) is 18.5. The lowest BCUT2D eigenvalue weighted by Crippen LogP contribution is -2.28. The number of nitrogens with zero attached hydrogens (tertiary/aromatic N) is 4. The van der Waals surface area contributed by atoms with Crippen LogP contribution >= 0.6 is 0 Å². The number of pyridine rings is 2. The summed E-state index contributed by atoms with van der Waals surface area (Å²) in [5.74, 6) is 2.58. The molecule has 0 amide bonds. The Morgan fingerprint density at radius 3 is 1.81 bits per heavy atom. The number of hydrogen-bond donors (Lipinski definition) is 0. The minimum absolute atomic E-state index is 0.00993. The van der Waals surface area contributed by atoms with Crippen molar-refractivity contribution in [1.29, 1.82) is 0 Å². The fraction of sp³-hybridized carbons (Fsp3) is 0.292. The highest BCUT2D eigenvalue weighted by molar-refractivity contribution is 6.12. The van der Waals surface area contributed by atoms with Crippen LogP contribution in [0.5, 0.6) is 11.5 Å². The van der Waals surface area contributed by atoms with Gasteiger partial charge in [-0.2, -0.15) is 0 Å². The van der Waals surface area contributed by atoms with Gasteiger partial charge in [-0.3, -0.25) is 9.13 Å². The summed E-state index contributed by atoms with van der Waals surface area (Å²) in [6.45, 7) is 23.2. The zero-order valence-corrected chi connectivity index (χ0v) is 32.4. The van der Waals surface area contributed by atoms with Crippen LogP contribution in [0.2, 0.25) is 0 Å². The van der Waals surface area contributed by atoms with E-state index in [9.17, 15) is 0 Å². The second kappa shape index (κ2) is 10.2. The summed E-state index contributed by atoms with van der Waals surface area (Å²) in [4.78, 5) is 9.96. The Morgan fingerprint density at radius 1 is 0.528 bits per heavy atom. The van der Waals surface area contributed by atoms with Crippen LogP contribution in [0.4, 0.5) is 0 Å². The van der Waals surface area contributed by atoms with Crippen LogP contribution in [-0.4, -0.2) is 19.1 Å². The second-order valence-corrected chi connectivity index (χ2v) is 18.5. The fourth-order valence-electron chi connectivity index (χ4n) is 9.21. The third-order valence-electron chi connectivity index (χ3n) is 12.3. The molecule has 8 aromatic rings. The Balaban J connectivity index is 1.17. The van der Waals surface area contributed by atoms with E-state index in [2.05, 4.69) is 163 Å². The zero-order chi connectivity index (χ0) is 37.0. The number of fused-ring (bicyclic) bond motifs is 10. The fourth-order valence-corrected chi connectivity index (χ4v) is 9.21. The van der Waals surface area contributed by atoms with Gasteiger partial charge in [0, 0.05) is 62.5 Å². The predicted octanol–water partition coefficient (Wildman–Crippen LogP) is 12.3. The van der Waals surface area contributed by atoms with Gasteiger partial charge in [-0.1, -0.05) is 93.5 Å². The third kappa shape index (κ3) is 4.31. The van der Waals surface area contributed by atoms with Crippen molar-refractivity contribution in [2.24, 2.45) is 0 Å². The molecule has 0 fully saturated rings. The van der Waals surface area contributed by atoms with Crippen molar-refractivity contribution in [3.8, 4) is 23.0 Å². The van der Waals surface area contributed by atoms with E-state index in [1.165, 1.54) is 66.0 Å². The van der Waals surface area contributed by atoms with Gasteiger partial charge in [0.15, 0.2) is 0 Å². The summed E-state index contributed by atoms with van der Waals surface area (Å²) in [6.07, 6.45) is 3.82. The van der Waals surface area contributed by atoms with Crippen LogP contribution in [0, 0.1) is 0 Å². The monoisotopic (exact) mass is 694 g/mol. The molecular weight excluding hydrogens is 649 g/mol. The molecule has 0 unspecified atom stereocenters. The molecule has 2 aliphatic rings. The summed E-state index contributed by atoms with van der Waals surface area (Å²) in [5.41, 5.74) is 13.1. The number of benzene rings is 4. The van der Waals surface area contributed by atoms with E-state index < -0.39 is 0 Å². The van der Waals surface area contributed by atoms with Gasteiger partial charge in [0.25, 0.3) is 0 Å². The summed E-state index contributed by atoms with van der Waals surface area (Å²) in [7, 11) is 0. The Hall–Kier alpha value is -5.42. The topological polar surface area (TPSA) is 44.9 Å². The van der Waals surface area contributed by atoms with Crippen LogP contribution in [0.3, 0.4) is 0 Å². The van der Waals surface area contributed by atoms with E-state index in [1.807, 2.05) is 12.4 Å². The maximum absolute atomic E-state index is 6.84. The molecule has 5 nitrogen and oxygen atoms in total. The molecule has 0 saturated heterocycles. The minimum atomic E-state index is -0.219. The van der Waals surface area contributed by atoms with Crippen molar-refractivity contribution in [3.05, 3.63) is 131 Å². The van der Waals surface area contributed by atoms with Gasteiger partial charge in [-0.05, 0) is 87.2 Å². The summed E-state index contributed by atoms with van der Waals surface area (Å²) < 4.78 is 11.6. The molecule has 0 atom stereocenters. The Labute approximate surface area is 311 Å². The Bertz CT molecular complexity index is 2890. The Morgan fingerprint density at radius 2 is 1.11 bits per heavy atom. The van der Waals surface area contributed by atoms with Crippen molar-refractivity contribution in [2.45, 2.75) is 90.9 Å². The summed E-state index contributed by atoms with van der Waals surface area (Å²) in [6, 6.07) is 31.3. The first-order valence-electron chi connectivity index (χ1n) is 18.9. The highest BCUT2D eigenvalue weighted by atomic mass is 16.5. The molecule has 5 heteroatoms. The van der Waals surface area contributed by atoms with Crippen molar-refractivity contribution in [1.82, 2.24) is 19.1 Å². The van der Waals surface area contributed by atoms with E-state index in [0.29, 0.717) is 0 Å². The third-order valence-corrected chi connectivity index (χ3v) is 12.3. The molecule has 2 aliphatic heterocycles. The van der Waals surface area contributed by atoms with Gasteiger partial charge in [0.1, 0.15) is 23.0 Å². The molecule has 0 bridgehead atoms. The predicted molar refractivity (Wildman–Crippen MR) is 219 cm³/mol. The van der Waals surface area contributed by atoms with Gasteiger partial charge in [-0.25, -0.2) is 9.97 Å². The van der Waals surface area contributed by atoms with Gasteiger partial charge in [0.05, 0.1) is 22.2 Å². The molecule has 0 aliphatic carbocycles. The van der Waals surface area contributed by atoms with Gasteiger partial charge in [0.2, 0.25) is 0 Å². The van der Waals surface area contributed by atoms with E-state index >= 15 is 0 Å². The van der Waals surface area contributed by atoms with Gasteiger partial charge >= 0.3 is 0 Å². The minimum Gasteiger partial charge on any atom is -0.457 e. The molecule has 0 radical (unpaired) electrons. The first-order chi connectivity index (χ1) is 25.0. The number of ether oxygens (including phenoxy) is 1. The standard InChI is InChI=1S/C48H46N4O/c1-45(2,3)27-21-33-31-17-15-29(25-39(31)51-41(33)38(24-27)48(9,10)36-14-12-20-50-44(36)51)53-30-16-18-35-40(26-30)52-42-34(32-13-11-19-49-43(32)52)22-28(46(4,5)6)23-37(42)47(35,7)8/h11-26H,1-10H3. The van der Waals surface area contributed by atoms with E-state index in [1.54, 1.807) is 0 Å². The lowest BCUT2D eigenvalue weighted by Gasteiger charge is -2.36. The largest absolute Gasteiger partial charge is 0.457 e. The molecule has 264 valence electrons. The highest BCUT2D eigenvalue weighted by Gasteiger charge is 2.39. The number of hydrogen-bond acceptors (Lipinski definition) is 3. The van der Waals surface area contributed by atoms with Crippen LogP contribution in [0.15, 0.2) is 97.3 Å². The lowest BCUT2D eigenvalue weighted by atomic mass is 9.72. The van der Waals surface area contributed by atoms with Crippen molar-refractivity contribution in [2.75, 3.05) is 0 Å². The molecule has 0 spiro atoms. The van der Waals surface area contributed by atoms with Crippen LogP contribution < -0.4 is 4.74 Å². The number of rotatable bonds is 2. The molecule has 53 heavy (non-hydrogen) atoms. The van der Waals surface area contributed by atoms with E-state index in [0.717, 1.165) is 34.2 Å². The van der Waals surface area contributed by atoms with Gasteiger partial charge in [-0.15, -0.1) is 0 Å².